The van der Waals surface area contributed by atoms with E-state index >= 15 is 0 Å². The summed E-state index contributed by atoms with van der Waals surface area (Å²) in [6, 6.07) is 8.15. The number of para-hydroxylation sites is 1. The van der Waals surface area contributed by atoms with E-state index in [1.165, 1.54) is 17.8 Å². The van der Waals surface area contributed by atoms with E-state index in [2.05, 4.69) is 4.98 Å². The second kappa shape index (κ2) is 5.02. The summed E-state index contributed by atoms with van der Waals surface area (Å²) in [5, 5.41) is 0.918. The molecule has 0 aliphatic heterocycles. The van der Waals surface area contributed by atoms with Gasteiger partial charge in [-0.25, -0.2) is 14.3 Å². The fraction of sp³-hybridized carbons (Fsp3) is 0.0714. The molecular weight excluding hydrogens is 313 g/mol. The summed E-state index contributed by atoms with van der Waals surface area (Å²) in [7, 11) is 1.40. The maximum Gasteiger partial charge on any atom is 0.337 e. The molecule has 0 saturated carbocycles. The van der Waals surface area contributed by atoms with Gasteiger partial charge >= 0.3 is 5.69 Å². The van der Waals surface area contributed by atoms with Gasteiger partial charge in [-0.05, 0) is 24.3 Å². The van der Waals surface area contributed by atoms with Gasteiger partial charge in [-0.3, -0.25) is 9.36 Å². The van der Waals surface area contributed by atoms with Gasteiger partial charge in [0.25, 0.3) is 5.56 Å². The van der Waals surface area contributed by atoms with Gasteiger partial charge in [-0.2, -0.15) is 0 Å². The molecule has 0 amide bonds. The first kappa shape index (κ1) is 13.9. The number of halogens is 2. The van der Waals surface area contributed by atoms with Crippen LogP contribution in [0, 0.1) is 0 Å². The second-order valence-corrected chi connectivity index (χ2v) is 5.24. The maximum absolute atomic E-state index is 12.5. The van der Waals surface area contributed by atoms with Crippen LogP contribution in [0.3, 0.4) is 0 Å². The fourth-order valence-corrected chi connectivity index (χ4v) is 2.72. The molecule has 5 nitrogen and oxygen atoms in total. The summed E-state index contributed by atoms with van der Waals surface area (Å²) in [4.78, 5) is 28.8. The zero-order valence-corrected chi connectivity index (χ0v) is 12.4. The number of hydrogen-bond donors (Lipinski definition) is 0. The van der Waals surface area contributed by atoms with Crippen LogP contribution in [0.5, 0.6) is 0 Å². The van der Waals surface area contributed by atoms with Crippen molar-refractivity contribution in [2.75, 3.05) is 0 Å². The molecule has 0 saturated heterocycles. The Balaban J connectivity index is 2.61. The van der Waals surface area contributed by atoms with E-state index in [9.17, 15) is 9.59 Å². The van der Waals surface area contributed by atoms with Gasteiger partial charge < -0.3 is 0 Å². The number of hydrogen-bond acceptors (Lipinski definition) is 3. The van der Waals surface area contributed by atoms with Crippen LogP contribution in [0.1, 0.15) is 0 Å². The molecule has 1 aromatic carbocycles. The minimum Gasteiger partial charge on any atom is -0.268 e. The fourth-order valence-electron chi connectivity index (χ4n) is 2.15. The highest BCUT2D eigenvalue weighted by Crippen LogP contribution is 2.28. The van der Waals surface area contributed by atoms with Gasteiger partial charge in [0.2, 0.25) is 0 Å². The molecule has 0 unspecified atom stereocenters. The van der Waals surface area contributed by atoms with Crippen LogP contribution in [0.2, 0.25) is 10.0 Å². The number of aromatic nitrogens is 3. The first-order valence-corrected chi connectivity index (χ1v) is 6.79. The predicted octanol–water partition coefficient (Wildman–Crippen LogP) is 2.39. The predicted molar refractivity (Wildman–Crippen MR) is 82.6 cm³/mol. The van der Waals surface area contributed by atoms with Crippen LogP contribution in [-0.4, -0.2) is 14.1 Å². The van der Waals surface area contributed by atoms with Crippen LogP contribution in [-0.2, 0) is 7.05 Å². The smallest absolute Gasteiger partial charge is 0.268 e. The van der Waals surface area contributed by atoms with Gasteiger partial charge in [0.05, 0.1) is 21.1 Å². The molecule has 0 aliphatic rings. The Morgan fingerprint density at radius 2 is 1.71 bits per heavy atom. The highest BCUT2D eigenvalue weighted by Gasteiger charge is 2.17. The Morgan fingerprint density at radius 1 is 1.05 bits per heavy atom. The van der Waals surface area contributed by atoms with Crippen molar-refractivity contribution in [3.05, 3.63) is 67.4 Å². The molecule has 0 bridgehead atoms. The molecule has 106 valence electrons. The topological polar surface area (TPSA) is 56.9 Å². The quantitative estimate of drug-likeness (QED) is 0.691. The van der Waals surface area contributed by atoms with Crippen molar-refractivity contribution in [1.29, 1.82) is 0 Å². The molecular formula is C14H9Cl2N3O2. The van der Waals surface area contributed by atoms with Gasteiger partial charge in [0, 0.05) is 13.2 Å². The summed E-state index contributed by atoms with van der Waals surface area (Å²) >= 11 is 12.3. The second-order valence-electron chi connectivity index (χ2n) is 4.43. The number of nitrogens with zero attached hydrogens (tertiary/aromatic N) is 3. The largest absolute Gasteiger partial charge is 0.337 e. The van der Waals surface area contributed by atoms with Crippen molar-refractivity contribution in [1.82, 2.24) is 14.1 Å². The Morgan fingerprint density at radius 3 is 2.38 bits per heavy atom. The van der Waals surface area contributed by atoms with Crippen LogP contribution in [0.25, 0.3) is 16.7 Å². The molecule has 0 fully saturated rings. The zero-order valence-electron chi connectivity index (χ0n) is 10.9. The lowest BCUT2D eigenvalue weighted by Crippen LogP contribution is -2.38. The van der Waals surface area contributed by atoms with Crippen molar-refractivity contribution < 1.29 is 0 Å². The van der Waals surface area contributed by atoms with Gasteiger partial charge in [-0.1, -0.05) is 29.3 Å². The highest BCUT2D eigenvalue weighted by molar-refractivity contribution is 6.37. The number of rotatable bonds is 1. The SMILES string of the molecule is Cn1c(=O)c2cccnc2n(-c2c(Cl)cccc2Cl)c1=O. The number of benzene rings is 1. The first-order chi connectivity index (χ1) is 10.0. The van der Waals surface area contributed by atoms with Crippen molar-refractivity contribution in [3.63, 3.8) is 0 Å². The molecule has 3 rings (SSSR count). The van der Waals surface area contributed by atoms with E-state index in [0.717, 1.165) is 4.57 Å². The van der Waals surface area contributed by atoms with E-state index in [-0.39, 0.29) is 5.65 Å². The first-order valence-electron chi connectivity index (χ1n) is 6.03. The zero-order chi connectivity index (χ0) is 15.1. The normalized spacial score (nSPS) is 11.0. The number of pyridine rings is 1. The van der Waals surface area contributed by atoms with E-state index < -0.39 is 11.2 Å². The van der Waals surface area contributed by atoms with E-state index in [0.29, 0.717) is 21.1 Å². The third kappa shape index (κ3) is 2.05. The average molecular weight is 322 g/mol. The summed E-state index contributed by atoms with van der Waals surface area (Å²) in [5.41, 5.74) is -0.436. The monoisotopic (exact) mass is 321 g/mol. The lowest BCUT2D eigenvalue weighted by Gasteiger charge is -2.13. The van der Waals surface area contributed by atoms with Gasteiger partial charge in [0.1, 0.15) is 0 Å². The minimum atomic E-state index is -0.554. The standard InChI is InChI=1S/C14H9Cl2N3O2/c1-18-13(20)8-4-3-7-17-12(8)19(14(18)21)11-9(15)5-2-6-10(11)16/h2-7H,1H3. The van der Waals surface area contributed by atoms with Crippen molar-refractivity contribution >= 4 is 34.2 Å². The van der Waals surface area contributed by atoms with E-state index in [1.54, 1.807) is 30.3 Å². The van der Waals surface area contributed by atoms with Crippen LogP contribution >= 0.6 is 23.2 Å². The van der Waals surface area contributed by atoms with Crippen LogP contribution in [0.15, 0.2) is 46.1 Å². The van der Waals surface area contributed by atoms with Crippen molar-refractivity contribution in [3.8, 4) is 5.69 Å². The van der Waals surface area contributed by atoms with Crippen LogP contribution in [0.4, 0.5) is 0 Å². The average Bonchev–Trinajstić information content (AvgIpc) is 2.48. The Hall–Kier alpha value is -2.11. The van der Waals surface area contributed by atoms with Crippen LogP contribution < -0.4 is 11.2 Å². The lowest BCUT2D eigenvalue weighted by atomic mass is 10.3. The molecule has 0 radical (unpaired) electrons. The Kier molecular flexibility index (Phi) is 3.31. The number of fused-ring (bicyclic) bond motifs is 1. The summed E-state index contributed by atoms with van der Waals surface area (Å²) in [6.45, 7) is 0. The minimum absolute atomic E-state index is 0.223. The molecule has 0 aliphatic carbocycles. The maximum atomic E-state index is 12.5. The van der Waals surface area contributed by atoms with Crippen molar-refractivity contribution in [2.45, 2.75) is 0 Å². The van der Waals surface area contributed by atoms with Gasteiger partial charge in [-0.15, -0.1) is 0 Å². The third-order valence-electron chi connectivity index (χ3n) is 3.17. The summed E-state index contributed by atoms with van der Waals surface area (Å²) in [6.07, 6.45) is 1.50. The molecule has 21 heavy (non-hydrogen) atoms. The van der Waals surface area contributed by atoms with E-state index in [1.807, 2.05) is 0 Å². The Labute approximate surface area is 129 Å². The molecule has 2 heterocycles. The Bertz CT molecular complexity index is 956. The van der Waals surface area contributed by atoms with Crippen molar-refractivity contribution in [2.24, 2.45) is 7.05 Å². The molecule has 7 heteroatoms. The molecule has 0 N–H and O–H groups in total. The van der Waals surface area contributed by atoms with E-state index in [4.69, 9.17) is 23.2 Å². The summed E-state index contributed by atoms with van der Waals surface area (Å²) < 4.78 is 2.26. The molecule has 0 atom stereocenters. The molecule has 2 aromatic heterocycles. The molecule has 0 spiro atoms. The lowest BCUT2D eigenvalue weighted by molar-refractivity contribution is 0.748. The van der Waals surface area contributed by atoms with Gasteiger partial charge in [0.15, 0.2) is 5.65 Å². The summed E-state index contributed by atoms with van der Waals surface area (Å²) in [5.74, 6) is 0. The molecule has 3 aromatic rings. The third-order valence-corrected chi connectivity index (χ3v) is 3.78. The highest BCUT2D eigenvalue weighted by atomic mass is 35.5.